The van der Waals surface area contributed by atoms with Gasteiger partial charge in [0, 0.05) is 24.7 Å². The van der Waals surface area contributed by atoms with Gasteiger partial charge < -0.3 is 10.6 Å². The molecule has 1 saturated carbocycles. The number of anilines is 1. The number of nitrogens with zero attached hydrogens (tertiary/aromatic N) is 1. The number of hydrogen-bond donors (Lipinski definition) is 1. The van der Waals surface area contributed by atoms with Crippen LogP contribution in [0.15, 0.2) is 12.1 Å². The van der Waals surface area contributed by atoms with E-state index in [0.717, 1.165) is 25.8 Å². The molecule has 1 aliphatic rings. The number of benzene rings is 1. The average molecular weight is 268 g/mol. The fourth-order valence-electron chi connectivity index (χ4n) is 2.24. The van der Waals surface area contributed by atoms with Crippen molar-refractivity contribution in [3.8, 4) is 0 Å². The lowest BCUT2D eigenvalue weighted by atomic mass is 10.1. The van der Waals surface area contributed by atoms with Crippen molar-refractivity contribution in [3.05, 3.63) is 29.3 Å². The molecule has 106 valence electrons. The van der Waals surface area contributed by atoms with Gasteiger partial charge in [-0.25, -0.2) is 8.78 Å². The molecule has 1 aliphatic carbocycles. The molecule has 0 bridgehead atoms. The average Bonchev–Trinajstić information content (AvgIpc) is 3.19. The van der Waals surface area contributed by atoms with E-state index in [1.54, 1.807) is 12.1 Å². The monoisotopic (exact) mass is 268 g/mol. The Kier molecular flexibility index (Phi) is 4.40. The molecule has 0 atom stereocenters. The molecule has 1 fully saturated rings. The molecule has 0 aliphatic heterocycles. The summed E-state index contributed by atoms with van der Waals surface area (Å²) in [6.45, 7) is 5.08. The fourth-order valence-corrected chi connectivity index (χ4v) is 2.24. The van der Waals surface area contributed by atoms with E-state index in [1.165, 1.54) is 0 Å². The molecule has 2 N–H and O–H groups in total. The summed E-state index contributed by atoms with van der Waals surface area (Å²) in [6, 6.07) is 3.63. The summed E-state index contributed by atoms with van der Waals surface area (Å²) in [4.78, 5) is 2.01. The molecule has 0 radical (unpaired) electrons. The van der Waals surface area contributed by atoms with Gasteiger partial charge in [0.1, 0.15) is 0 Å². The standard InChI is InChI=1S/C15H22F2N2/c1-10(2)7-8-19(12-4-5-12)13-6-3-11(9-18)14(16)15(13)17/h3,6,10,12H,4-5,7-9,18H2,1-2H3. The summed E-state index contributed by atoms with van der Waals surface area (Å²) < 4.78 is 28.0. The third-order valence-corrected chi connectivity index (χ3v) is 3.61. The molecule has 0 spiro atoms. The third kappa shape index (κ3) is 3.24. The number of halogens is 2. The molecule has 2 nitrogen and oxygen atoms in total. The van der Waals surface area contributed by atoms with Crippen molar-refractivity contribution in [3.63, 3.8) is 0 Å². The van der Waals surface area contributed by atoms with Crippen molar-refractivity contribution in [2.75, 3.05) is 11.4 Å². The number of rotatable bonds is 6. The highest BCUT2D eigenvalue weighted by atomic mass is 19.2. The highest BCUT2D eigenvalue weighted by Crippen LogP contribution is 2.34. The van der Waals surface area contributed by atoms with Crippen molar-refractivity contribution in [2.45, 2.75) is 45.7 Å². The van der Waals surface area contributed by atoms with Crippen LogP contribution in [-0.2, 0) is 6.54 Å². The first-order valence-electron chi connectivity index (χ1n) is 6.98. The van der Waals surface area contributed by atoms with Gasteiger partial charge in [0.15, 0.2) is 11.6 Å². The Morgan fingerprint density at radius 1 is 1.26 bits per heavy atom. The predicted molar refractivity (Wildman–Crippen MR) is 74.1 cm³/mol. The van der Waals surface area contributed by atoms with Crippen LogP contribution < -0.4 is 10.6 Å². The Morgan fingerprint density at radius 3 is 2.47 bits per heavy atom. The first-order valence-corrected chi connectivity index (χ1v) is 6.98. The van der Waals surface area contributed by atoms with E-state index in [-0.39, 0.29) is 12.1 Å². The third-order valence-electron chi connectivity index (χ3n) is 3.61. The second kappa shape index (κ2) is 5.87. The van der Waals surface area contributed by atoms with Crippen LogP contribution in [0.1, 0.15) is 38.7 Å². The van der Waals surface area contributed by atoms with Gasteiger partial charge in [-0.15, -0.1) is 0 Å². The second-order valence-electron chi connectivity index (χ2n) is 5.68. The highest BCUT2D eigenvalue weighted by Gasteiger charge is 2.31. The zero-order valence-corrected chi connectivity index (χ0v) is 11.6. The van der Waals surface area contributed by atoms with Gasteiger partial charge in [0.25, 0.3) is 0 Å². The van der Waals surface area contributed by atoms with Gasteiger partial charge in [-0.2, -0.15) is 0 Å². The lowest BCUT2D eigenvalue weighted by Gasteiger charge is -2.26. The Morgan fingerprint density at radius 2 is 1.95 bits per heavy atom. The molecule has 0 unspecified atom stereocenters. The number of hydrogen-bond acceptors (Lipinski definition) is 2. The highest BCUT2D eigenvalue weighted by molar-refractivity contribution is 5.51. The van der Waals surface area contributed by atoms with Crippen LogP contribution >= 0.6 is 0 Å². The van der Waals surface area contributed by atoms with E-state index in [2.05, 4.69) is 13.8 Å². The van der Waals surface area contributed by atoms with Gasteiger partial charge in [-0.1, -0.05) is 19.9 Å². The van der Waals surface area contributed by atoms with Crippen LogP contribution in [0.2, 0.25) is 0 Å². The van der Waals surface area contributed by atoms with E-state index < -0.39 is 11.6 Å². The fraction of sp³-hybridized carbons (Fsp3) is 0.600. The van der Waals surface area contributed by atoms with Gasteiger partial charge in [-0.05, 0) is 31.2 Å². The smallest absolute Gasteiger partial charge is 0.182 e. The van der Waals surface area contributed by atoms with Gasteiger partial charge in [-0.3, -0.25) is 0 Å². The minimum atomic E-state index is -0.796. The van der Waals surface area contributed by atoms with Gasteiger partial charge in [0.05, 0.1) is 5.69 Å². The van der Waals surface area contributed by atoms with Gasteiger partial charge in [0.2, 0.25) is 0 Å². The van der Waals surface area contributed by atoms with Crippen molar-refractivity contribution in [1.82, 2.24) is 0 Å². The molecular weight excluding hydrogens is 246 g/mol. The topological polar surface area (TPSA) is 29.3 Å². The SMILES string of the molecule is CC(C)CCN(c1ccc(CN)c(F)c1F)C1CC1. The quantitative estimate of drug-likeness (QED) is 0.856. The Labute approximate surface area is 113 Å². The summed E-state index contributed by atoms with van der Waals surface area (Å²) in [7, 11) is 0. The molecule has 0 amide bonds. The zero-order chi connectivity index (χ0) is 14.0. The van der Waals surface area contributed by atoms with Gasteiger partial charge >= 0.3 is 0 Å². The maximum atomic E-state index is 14.1. The van der Waals surface area contributed by atoms with Crippen LogP contribution in [0.5, 0.6) is 0 Å². The first kappa shape index (κ1) is 14.3. The Bertz CT molecular complexity index is 442. The summed E-state index contributed by atoms with van der Waals surface area (Å²) in [6.07, 6.45) is 3.12. The van der Waals surface area contributed by atoms with E-state index in [0.29, 0.717) is 17.6 Å². The van der Waals surface area contributed by atoms with E-state index in [4.69, 9.17) is 5.73 Å². The predicted octanol–water partition coefficient (Wildman–Crippen LogP) is 3.44. The lowest BCUT2D eigenvalue weighted by molar-refractivity contribution is 0.492. The second-order valence-corrected chi connectivity index (χ2v) is 5.68. The normalized spacial score (nSPS) is 15.1. The van der Waals surface area contributed by atoms with E-state index in [1.807, 2.05) is 4.90 Å². The van der Waals surface area contributed by atoms with Crippen molar-refractivity contribution >= 4 is 5.69 Å². The first-order chi connectivity index (χ1) is 9.04. The zero-order valence-electron chi connectivity index (χ0n) is 11.6. The number of nitrogens with two attached hydrogens (primary N) is 1. The molecule has 1 aromatic carbocycles. The molecule has 1 aromatic rings. The Balaban J connectivity index is 2.24. The largest absolute Gasteiger partial charge is 0.366 e. The van der Waals surface area contributed by atoms with Crippen molar-refractivity contribution < 1.29 is 8.78 Å². The molecule has 0 saturated heterocycles. The minimum absolute atomic E-state index is 0.0262. The minimum Gasteiger partial charge on any atom is -0.366 e. The van der Waals surface area contributed by atoms with Crippen molar-refractivity contribution in [1.29, 1.82) is 0 Å². The van der Waals surface area contributed by atoms with Crippen molar-refractivity contribution in [2.24, 2.45) is 11.7 Å². The Hall–Kier alpha value is -1.16. The molecule has 0 aromatic heterocycles. The van der Waals surface area contributed by atoms with E-state index >= 15 is 0 Å². The maximum Gasteiger partial charge on any atom is 0.182 e. The van der Waals surface area contributed by atoms with Crippen LogP contribution in [-0.4, -0.2) is 12.6 Å². The lowest BCUT2D eigenvalue weighted by Crippen LogP contribution is -2.29. The molecule has 19 heavy (non-hydrogen) atoms. The maximum absolute atomic E-state index is 14.1. The molecular formula is C15H22F2N2. The summed E-state index contributed by atoms with van der Waals surface area (Å²) >= 11 is 0. The molecule has 2 rings (SSSR count). The van der Waals surface area contributed by atoms with E-state index in [9.17, 15) is 8.78 Å². The summed E-state index contributed by atoms with van der Waals surface area (Å²) in [5.74, 6) is -0.994. The molecule has 0 heterocycles. The van der Waals surface area contributed by atoms with Crippen LogP contribution in [0.3, 0.4) is 0 Å². The van der Waals surface area contributed by atoms with Crippen LogP contribution in [0.4, 0.5) is 14.5 Å². The van der Waals surface area contributed by atoms with Crippen LogP contribution in [0, 0.1) is 17.6 Å². The summed E-state index contributed by atoms with van der Waals surface area (Å²) in [5, 5.41) is 0. The summed E-state index contributed by atoms with van der Waals surface area (Å²) in [5.41, 5.74) is 6.02. The molecule has 4 heteroatoms. The van der Waals surface area contributed by atoms with Crippen LogP contribution in [0.25, 0.3) is 0 Å².